The van der Waals surface area contributed by atoms with Crippen LogP contribution in [0.15, 0.2) is 34.7 Å². The molecule has 1 aromatic carbocycles. The van der Waals surface area contributed by atoms with Crippen molar-refractivity contribution in [2.75, 3.05) is 5.01 Å². The molecule has 144 valence electrons. The molecule has 0 bridgehead atoms. The normalized spacial score (nSPS) is 28.2. The molecule has 1 aliphatic carbocycles. The van der Waals surface area contributed by atoms with Crippen molar-refractivity contribution < 1.29 is 18.3 Å². The van der Waals surface area contributed by atoms with Crippen LogP contribution in [0, 0.1) is 18.8 Å². The molecule has 2 heterocycles. The van der Waals surface area contributed by atoms with Gasteiger partial charge in [0.15, 0.2) is 0 Å². The number of alkyl halides is 3. The first-order valence-corrected chi connectivity index (χ1v) is 9.77. The summed E-state index contributed by atoms with van der Waals surface area (Å²) in [4.78, 5) is 4.36. The first-order chi connectivity index (χ1) is 12.7. The van der Waals surface area contributed by atoms with Gasteiger partial charge in [-0.15, -0.1) is 11.3 Å². The summed E-state index contributed by atoms with van der Waals surface area (Å²) in [5.41, 5.74) is -0.149. The molecule has 0 spiro atoms. The van der Waals surface area contributed by atoms with Gasteiger partial charge in [0.1, 0.15) is 0 Å². The maximum absolute atomic E-state index is 14.0. The molecule has 0 unspecified atom stereocenters. The van der Waals surface area contributed by atoms with Crippen LogP contribution >= 0.6 is 11.3 Å². The maximum Gasteiger partial charge on any atom is 0.439 e. The van der Waals surface area contributed by atoms with Crippen LogP contribution in [0.3, 0.4) is 0 Å². The van der Waals surface area contributed by atoms with E-state index in [2.05, 4.69) is 10.1 Å². The third kappa shape index (κ3) is 2.95. The lowest BCUT2D eigenvalue weighted by molar-refractivity contribution is -0.269. The van der Waals surface area contributed by atoms with Crippen molar-refractivity contribution in [2.45, 2.75) is 45.0 Å². The van der Waals surface area contributed by atoms with Crippen molar-refractivity contribution in [2.24, 2.45) is 16.9 Å². The molecule has 1 saturated carbocycles. The molecule has 3 atom stereocenters. The summed E-state index contributed by atoms with van der Waals surface area (Å²) in [5.74, 6) is -0.935. The van der Waals surface area contributed by atoms with Crippen LogP contribution in [-0.2, 0) is 0 Å². The van der Waals surface area contributed by atoms with Gasteiger partial charge in [0.25, 0.3) is 5.72 Å². The Morgan fingerprint density at radius 1 is 1.26 bits per heavy atom. The Morgan fingerprint density at radius 3 is 2.63 bits per heavy atom. The van der Waals surface area contributed by atoms with Crippen molar-refractivity contribution in [3.8, 4) is 11.3 Å². The quantitative estimate of drug-likeness (QED) is 0.780. The summed E-state index contributed by atoms with van der Waals surface area (Å²) in [5, 5.41) is 17.5. The molecule has 2 aromatic rings. The number of thiazole rings is 1. The molecular formula is C19H20F3N3OS. The van der Waals surface area contributed by atoms with Crippen molar-refractivity contribution in [3.05, 3.63) is 35.2 Å². The summed E-state index contributed by atoms with van der Waals surface area (Å²) in [6.45, 7) is 3.87. The maximum atomic E-state index is 14.0. The largest absolute Gasteiger partial charge is 0.439 e. The molecule has 4 rings (SSSR count). The molecule has 1 aromatic heterocycles. The van der Waals surface area contributed by atoms with Gasteiger partial charge in [-0.05, 0) is 32.1 Å². The smallest absolute Gasteiger partial charge is 0.362 e. The van der Waals surface area contributed by atoms with Crippen LogP contribution < -0.4 is 5.01 Å². The van der Waals surface area contributed by atoms with E-state index < -0.39 is 17.8 Å². The number of hydrogen-bond donors (Lipinski definition) is 1. The first-order valence-electron chi connectivity index (χ1n) is 8.89. The van der Waals surface area contributed by atoms with Crippen molar-refractivity contribution >= 4 is 22.2 Å². The van der Waals surface area contributed by atoms with Gasteiger partial charge in [-0.25, -0.2) is 4.98 Å². The minimum Gasteiger partial charge on any atom is -0.362 e. The third-order valence-corrected chi connectivity index (χ3v) is 6.22. The first kappa shape index (κ1) is 18.4. The van der Waals surface area contributed by atoms with Gasteiger partial charge in [0.05, 0.1) is 11.6 Å². The Kier molecular flexibility index (Phi) is 4.31. The summed E-state index contributed by atoms with van der Waals surface area (Å²) in [6.07, 6.45) is -3.32. The van der Waals surface area contributed by atoms with E-state index in [1.807, 2.05) is 38.1 Å². The minimum atomic E-state index is -4.84. The summed E-state index contributed by atoms with van der Waals surface area (Å²) in [7, 11) is 0. The molecule has 27 heavy (non-hydrogen) atoms. The molecule has 1 N–H and O–H groups in total. The predicted molar refractivity (Wildman–Crippen MR) is 99.7 cm³/mol. The highest BCUT2D eigenvalue weighted by Crippen LogP contribution is 2.51. The van der Waals surface area contributed by atoms with Gasteiger partial charge in [-0.2, -0.15) is 23.3 Å². The highest BCUT2D eigenvalue weighted by Gasteiger charge is 2.68. The monoisotopic (exact) mass is 395 g/mol. The van der Waals surface area contributed by atoms with Crippen LogP contribution in [0.4, 0.5) is 18.3 Å². The second-order valence-electron chi connectivity index (χ2n) is 7.44. The molecule has 4 nitrogen and oxygen atoms in total. The zero-order valence-electron chi connectivity index (χ0n) is 15.0. The molecule has 0 saturated heterocycles. The lowest BCUT2D eigenvalue weighted by atomic mass is 9.76. The molecule has 2 aliphatic rings. The Hall–Kier alpha value is -1.93. The SMILES string of the molecule is Cc1ccc(-c2csc(N3N=C4CC[C@H](C)C[C@@H]4[C@@]3(O)C(F)(F)F)n2)cc1. The number of fused-ring (bicyclic) bond motifs is 1. The summed E-state index contributed by atoms with van der Waals surface area (Å²) in [6, 6.07) is 7.60. The standard InChI is InChI=1S/C19H20F3N3OS/c1-11-3-6-13(7-4-11)16-10-27-17(23-16)25-18(26,19(20,21)22)14-9-12(2)5-8-15(14)24-25/h3-4,6-7,10,12,14,26H,5,8-9H2,1-2H3/t12-,14-,18+/m0/s1. The molecule has 0 amide bonds. The van der Waals surface area contributed by atoms with E-state index in [1.165, 1.54) is 0 Å². The van der Waals surface area contributed by atoms with Crippen LogP contribution in [0.25, 0.3) is 11.3 Å². The Bertz CT molecular complexity index is 877. The predicted octanol–water partition coefficient (Wildman–Crippen LogP) is 4.98. The number of halogens is 3. The van der Waals surface area contributed by atoms with E-state index >= 15 is 0 Å². The minimum absolute atomic E-state index is 0.0555. The molecule has 8 heteroatoms. The van der Waals surface area contributed by atoms with E-state index in [4.69, 9.17) is 0 Å². The van der Waals surface area contributed by atoms with Crippen LogP contribution in [0.1, 0.15) is 31.7 Å². The third-order valence-electron chi connectivity index (χ3n) is 5.41. The zero-order chi connectivity index (χ0) is 19.4. The van der Waals surface area contributed by atoms with E-state index in [1.54, 1.807) is 5.38 Å². The van der Waals surface area contributed by atoms with E-state index in [-0.39, 0.29) is 17.5 Å². The fourth-order valence-electron chi connectivity index (χ4n) is 3.82. The fraction of sp³-hybridized carbons (Fsp3) is 0.474. The van der Waals surface area contributed by atoms with Gasteiger partial charge in [-0.3, -0.25) is 0 Å². The second-order valence-corrected chi connectivity index (χ2v) is 8.28. The highest BCUT2D eigenvalue weighted by molar-refractivity contribution is 7.14. The lowest BCUT2D eigenvalue weighted by Crippen LogP contribution is -2.60. The van der Waals surface area contributed by atoms with Gasteiger partial charge >= 0.3 is 6.18 Å². The van der Waals surface area contributed by atoms with Crippen molar-refractivity contribution in [1.82, 2.24) is 4.98 Å². The summed E-state index contributed by atoms with van der Waals surface area (Å²) < 4.78 is 41.9. The fourth-order valence-corrected chi connectivity index (χ4v) is 4.65. The highest BCUT2D eigenvalue weighted by atomic mass is 32.1. The van der Waals surface area contributed by atoms with Gasteiger partial charge < -0.3 is 5.11 Å². The average Bonchev–Trinajstić information content (AvgIpc) is 3.19. The number of anilines is 1. The number of hydrazone groups is 1. The van der Waals surface area contributed by atoms with Crippen LogP contribution in [0.5, 0.6) is 0 Å². The number of hydrogen-bond acceptors (Lipinski definition) is 5. The zero-order valence-corrected chi connectivity index (χ0v) is 15.8. The molecular weight excluding hydrogens is 375 g/mol. The Morgan fingerprint density at radius 2 is 1.96 bits per heavy atom. The van der Waals surface area contributed by atoms with Gasteiger partial charge in [-0.1, -0.05) is 36.8 Å². The lowest BCUT2D eigenvalue weighted by Gasteiger charge is -2.39. The summed E-state index contributed by atoms with van der Waals surface area (Å²) >= 11 is 1.06. The number of rotatable bonds is 2. The van der Waals surface area contributed by atoms with Crippen LogP contribution in [0.2, 0.25) is 0 Å². The van der Waals surface area contributed by atoms with E-state index in [0.29, 0.717) is 22.8 Å². The topological polar surface area (TPSA) is 48.7 Å². The average molecular weight is 395 g/mol. The van der Waals surface area contributed by atoms with E-state index in [9.17, 15) is 18.3 Å². The number of aromatic nitrogens is 1. The van der Waals surface area contributed by atoms with E-state index in [0.717, 1.165) is 28.9 Å². The Balaban J connectivity index is 1.74. The molecule has 1 fully saturated rings. The molecule has 1 aliphatic heterocycles. The Labute approximate surface area is 159 Å². The van der Waals surface area contributed by atoms with Crippen LogP contribution in [-0.4, -0.2) is 27.7 Å². The van der Waals surface area contributed by atoms with Gasteiger partial charge in [0, 0.05) is 16.7 Å². The second kappa shape index (κ2) is 6.31. The van der Waals surface area contributed by atoms with Crippen molar-refractivity contribution in [3.63, 3.8) is 0 Å². The number of nitrogens with zero attached hydrogens (tertiary/aromatic N) is 3. The molecule has 0 radical (unpaired) electrons. The number of aryl methyl sites for hydroxylation is 1. The number of benzene rings is 1. The number of aliphatic hydroxyl groups is 1. The van der Waals surface area contributed by atoms with Gasteiger partial charge in [0.2, 0.25) is 5.13 Å². The van der Waals surface area contributed by atoms with Crippen molar-refractivity contribution in [1.29, 1.82) is 0 Å².